The van der Waals surface area contributed by atoms with Gasteiger partial charge in [-0.15, -0.1) is 0 Å². The predicted octanol–water partition coefficient (Wildman–Crippen LogP) is 1.87. The molecule has 0 amide bonds. The van der Waals surface area contributed by atoms with Crippen LogP contribution in [-0.2, 0) is 22.9 Å². The number of hydrogen-bond donors (Lipinski definition) is 0. The number of aromatic nitrogens is 2. The fourth-order valence-electron chi connectivity index (χ4n) is 3.28. The number of sulfone groups is 1. The fourth-order valence-corrected chi connectivity index (χ4v) is 4.47. The predicted molar refractivity (Wildman–Crippen MR) is 110 cm³/mol. The number of piperazine rings is 1. The first kappa shape index (κ1) is 21.8. The van der Waals surface area contributed by atoms with Crippen LogP contribution in [0.2, 0.25) is 5.02 Å². The van der Waals surface area contributed by atoms with Gasteiger partial charge in [-0.3, -0.25) is 9.80 Å². The van der Waals surface area contributed by atoms with Crippen molar-refractivity contribution in [2.75, 3.05) is 46.7 Å². The van der Waals surface area contributed by atoms with Crippen molar-refractivity contribution in [2.24, 2.45) is 0 Å². The van der Waals surface area contributed by atoms with Gasteiger partial charge in [0.25, 0.3) is 0 Å². The third-order valence-electron chi connectivity index (χ3n) is 4.80. The highest BCUT2D eigenvalue weighted by molar-refractivity contribution is 7.90. The summed E-state index contributed by atoms with van der Waals surface area (Å²) >= 11 is 5.99. The van der Waals surface area contributed by atoms with Crippen molar-refractivity contribution in [3.63, 3.8) is 0 Å². The molecular weight excluding hydrogens is 416 g/mol. The second-order valence-corrected chi connectivity index (χ2v) is 9.37. The molecule has 0 radical (unpaired) electrons. The van der Waals surface area contributed by atoms with Gasteiger partial charge in [-0.05, 0) is 17.7 Å². The van der Waals surface area contributed by atoms with E-state index in [1.54, 1.807) is 32.4 Å². The van der Waals surface area contributed by atoms with Crippen molar-refractivity contribution in [2.45, 2.75) is 18.0 Å². The zero-order valence-corrected chi connectivity index (χ0v) is 18.3. The minimum atomic E-state index is -3.33. The Labute approximate surface area is 176 Å². The maximum absolute atomic E-state index is 12.1. The Morgan fingerprint density at radius 2 is 1.52 bits per heavy atom. The van der Waals surface area contributed by atoms with Gasteiger partial charge >= 0.3 is 0 Å². The molecule has 3 rings (SSSR count). The second kappa shape index (κ2) is 9.25. The van der Waals surface area contributed by atoms with Crippen LogP contribution in [0.3, 0.4) is 0 Å². The Morgan fingerprint density at radius 3 is 2.03 bits per heavy atom. The first-order valence-corrected chi connectivity index (χ1v) is 11.4. The molecule has 29 heavy (non-hydrogen) atoms. The third-order valence-corrected chi connectivity index (χ3v) is 6.21. The average molecular weight is 441 g/mol. The van der Waals surface area contributed by atoms with Gasteiger partial charge < -0.3 is 9.47 Å². The molecule has 1 aliphatic rings. The highest BCUT2D eigenvalue weighted by Crippen LogP contribution is 2.23. The minimum Gasteiger partial charge on any atom is -0.481 e. The van der Waals surface area contributed by atoms with E-state index < -0.39 is 9.84 Å². The molecule has 0 atom stereocenters. The summed E-state index contributed by atoms with van der Waals surface area (Å²) in [6.45, 7) is 4.43. The highest BCUT2D eigenvalue weighted by Gasteiger charge is 2.21. The van der Waals surface area contributed by atoms with Crippen molar-refractivity contribution in [1.29, 1.82) is 0 Å². The monoisotopic (exact) mass is 440 g/mol. The Balaban J connectivity index is 1.62. The summed E-state index contributed by atoms with van der Waals surface area (Å²) in [6, 6.07) is 6.69. The van der Waals surface area contributed by atoms with Crippen molar-refractivity contribution >= 4 is 21.4 Å². The molecule has 0 spiro atoms. The molecule has 1 aliphatic heterocycles. The van der Waals surface area contributed by atoms with E-state index >= 15 is 0 Å². The molecule has 0 saturated carbocycles. The quantitative estimate of drug-likeness (QED) is 0.645. The van der Waals surface area contributed by atoms with E-state index in [0.29, 0.717) is 40.6 Å². The van der Waals surface area contributed by atoms with Gasteiger partial charge in [0.1, 0.15) is 5.82 Å². The number of benzene rings is 1. The summed E-state index contributed by atoms with van der Waals surface area (Å²) < 4.78 is 34.6. The molecule has 8 nitrogen and oxygen atoms in total. The molecule has 10 heteroatoms. The van der Waals surface area contributed by atoms with Gasteiger partial charge in [-0.2, -0.15) is 9.97 Å². The van der Waals surface area contributed by atoms with Gasteiger partial charge in [-0.25, -0.2) is 8.42 Å². The van der Waals surface area contributed by atoms with E-state index in [1.807, 2.05) is 0 Å². The molecule has 1 fully saturated rings. The van der Waals surface area contributed by atoms with Crippen LogP contribution in [0.5, 0.6) is 11.8 Å². The van der Waals surface area contributed by atoms with Crippen LogP contribution in [0, 0.1) is 0 Å². The van der Waals surface area contributed by atoms with Crippen LogP contribution in [0.15, 0.2) is 29.2 Å². The van der Waals surface area contributed by atoms with Crippen LogP contribution >= 0.6 is 11.6 Å². The van der Waals surface area contributed by atoms with Crippen LogP contribution in [-0.4, -0.2) is 74.8 Å². The maximum Gasteiger partial charge on any atom is 0.220 e. The summed E-state index contributed by atoms with van der Waals surface area (Å²) in [6.07, 6.45) is 1.21. The van der Waals surface area contributed by atoms with Gasteiger partial charge in [0, 0.05) is 44.0 Å². The van der Waals surface area contributed by atoms with Gasteiger partial charge in [0.2, 0.25) is 11.8 Å². The van der Waals surface area contributed by atoms with Crippen LogP contribution in [0.25, 0.3) is 0 Å². The lowest BCUT2D eigenvalue weighted by Gasteiger charge is -2.34. The average Bonchev–Trinajstić information content (AvgIpc) is 2.69. The highest BCUT2D eigenvalue weighted by atomic mass is 35.5. The Hall–Kier alpha value is -1.94. The lowest BCUT2D eigenvalue weighted by atomic mass is 10.2. The molecule has 0 bridgehead atoms. The van der Waals surface area contributed by atoms with Crippen molar-refractivity contribution in [3.05, 3.63) is 40.7 Å². The van der Waals surface area contributed by atoms with Gasteiger partial charge in [0.05, 0.1) is 31.7 Å². The molecular formula is C19H25ClN4O4S. The van der Waals surface area contributed by atoms with Crippen LogP contribution in [0.1, 0.15) is 11.4 Å². The molecule has 1 aromatic heterocycles. The first-order valence-electron chi connectivity index (χ1n) is 9.17. The van der Waals surface area contributed by atoms with E-state index in [1.165, 1.54) is 12.3 Å². The zero-order chi connectivity index (χ0) is 21.0. The normalized spacial score (nSPS) is 16.0. The van der Waals surface area contributed by atoms with Crippen molar-refractivity contribution in [3.8, 4) is 11.8 Å². The number of rotatable bonds is 7. The topological polar surface area (TPSA) is 84.9 Å². The summed E-state index contributed by atoms with van der Waals surface area (Å²) in [5.41, 5.74) is 0.770. The SMILES string of the molecule is COc1cc(OC)nc(CN2CCN(Cc3ccc(Cl)cc3S(C)(=O)=O)CC2)n1. The Morgan fingerprint density at radius 1 is 0.966 bits per heavy atom. The molecule has 1 aromatic carbocycles. The lowest BCUT2D eigenvalue weighted by molar-refractivity contribution is 0.119. The number of halogens is 1. The number of nitrogens with zero attached hydrogens (tertiary/aromatic N) is 4. The van der Waals surface area contributed by atoms with Crippen LogP contribution < -0.4 is 9.47 Å². The Bertz CT molecular complexity index is 940. The molecule has 1 saturated heterocycles. The summed E-state index contributed by atoms with van der Waals surface area (Å²) in [5.74, 6) is 1.59. The van der Waals surface area contributed by atoms with E-state index in [-0.39, 0.29) is 0 Å². The van der Waals surface area contributed by atoms with Crippen molar-refractivity contribution < 1.29 is 17.9 Å². The number of ether oxygens (including phenoxy) is 2. The largest absolute Gasteiger partial charge is 0.481 e. The van der Waals surface area contributed by atoms with E-state index in [9.17, 15) is 8.42 Å². The standard InChI is InChI=1S/C19H25ClN4O4S/c1-27-18-11-19(28-2)22-17(21-18)13-24-8-6-23(7-9-24)12-14-4-5-15(20)10-16(14)29(3,25)26/h4-5,10-11H,6-9,12-13H2,1-3H3. The zero-order valence-electron chi connectivity index (χ0n) is 16.8. The summed E-state index contributed by atoms with van der Waals surface area (Å²) in [4.78, 5) is 13.5. The smallest absolute Gasteiger partial charge is 0.220 e. The fraction of sp³-hybridized carbons (Fsp3) is 0.474. The third kappa shape index (κ3) is 5.79. The molecule has 2 aromatic rings. The second-order valence-electron chi connectivity index (χ2n) is 6.95. The summed E-state index contributed by atoms with van der Waals surface area (Å²) in [7, 11) is -0.211. The first-order chi connectivity index (χ1) is 13.8. The molecule has 0 aliphatic carbocycles. The van der Waals surface area contributed by atoms with Crippen molar-refractivity contribution in [1.82, 2.24) is 19.8 Å². The van der Waals surface area contributed by atoms with Gasteiger partial charge in [0.15, 0.2) is 9.84 Å². The van der Waals surface area contributed by atoms with E-state index in [4.69, 9.17) is 21.1 Å². The molecule has 2 heterocycles. The molecule has 158 valence electrons. The van der Waals surface area contributed by atoms with E-state index in [0.717, 1.165) is 31.7 Å². The lowest BCUT2D eigenvalue weighted by Crippen LogP contribution is -2.45. The number of hydrogen-bond acceptors (Lipinski definition) is 8. The van der Waals surface area contributed by atoms with Gasteiger partial charge in [-0.1, -0.05) is 17.7 Å². The summed E-state index contributed by atoms with van der Waals surface area (Å²) in [5, 5.41) is 0.424. The molecule has 0 N–H and O–H groups in total. The van der Waals surface area contributed by atoms with E-state index in [2.05, 4.69) is 19.8 Å². The number of methoxy groups -OCH3 is 2. The van der Waals surface area contributed by atoms with Crippen LogP contribution in [0.4, 0.5) is 0 Å². The molecule has 0 unspecified atom stereocenters. The Kier molecular flexibility index (Phi) is 6.94. The maximum atomic E-state index is 12.1. The minimum absolute atomic E-state index is 0.296.